The van der Waals surface area contributed by atoms with E-state index in [4.69, 9.17) is 0 Å². The third-order valence-corrected chi connectivity index (χ3v) is 3.32. The number of halogens is 2. The first-order valence-corrected chi connectivity index (χ1v) is 6.48. The van der Waals surface area contributed by atoms with Crippen LogP contribution < -0.4 is 5.32 Å². The molecule has 0 aliphatic heterocycles. The third-order valence-electron chi connectivity index (χ3n) is 3.32. The van der Waals surface area contributed by atoms with E-state index in [0.29, 0.717) is 11.1 Å². The highest BCUT2D eigenvalue weighted by atomic mass is 19.1. The van der Waals surface area contributed by atoms with Gasteiger partial charge in [-0.25, -0.2) is 8.78 Å². The van der Waals surface area contributed by atoms with E-state index in [-0.39, 0.29) is 23.7 Å². The fourth-order valence-corrected chi connectivity index (χ4v) is 2.25. The Kier molecular flexibility index (Phi) is 4.35. The van der Waals surface area contributed by atoms with Crippen molar-refractivity contribution < 1.29 is 13.9 Å². The fourth-order valence-electron chi connectivity index (χ4n) is 2.25. The first-order chi connectivity index (χ1) is 9.49. The van der Waals surface area contributed by atoms with Crippen LogP contribution in [0.2, 0.25) is 0 Å². The minimum atomic E-state index is -0.481. The molecule has 0 aromatic heterocycles. The molecule has 2 atom stereocenters. The standard InChI is InChI=1S/C16H17F2NO/c1-10(13-5-3-4-6-15(13)17)19-11(2)14-8-7-12(20)9-16(14)18/h3-11,19-20H,1-2H3. The van der Waals surface area contributed by atoms with Gasteiger partial charge < -0.3 is 10.4 Å². The van der Waals surface area contributed by atoms with Crippen molar-refractivity contribution in [1.82, 2.24) is 5.32 Å². The largest absolute Gasteiger partial charge is 0.508 e. The normalized spacial score (nSPS) is 14.0. The Labute approximate surface area is 117 Å². The number of hydrogen-bond donors (Lipinski definition) is 2. The first-order valence-electron chi connectivity index (χ1n) is 6.48. The van der Waals surface area contributed by atoms with Crippen molar-refractivity contribution in [1.29, 1.82) is 0 Å². The summed E-state index contributed by atoms with van der Waals surface area (Å²) >= 11 is 0. The lowest BCUT2D eigenvalue weighted by molar-refractivity contribution is 0.448. The van der Waals surface area contributed by atoms with Crippen LogP contribution in [-0.2, 0) is 0 Å². The van der Waals surface area contributed by atoms with E-state index < -0.39 is 5.82 Å². The van der Waals surface area contributed by atoms with Crippen molar-refractivity contribution in [2.24, 2.45) is 0 Å². The molecule has 2 aromatic rings. The summed E-state index contributed by atoms with van der Waals surface area (Å²) in [5, 5.41) is 12.4. The third kappa shape index (κ3) is 3.14. The maximum absolute atomic E-state index is 13.8. The Morgan fingerprint density at radius 2 is 1.50 bits per heavy atom. The molecular weight excluding hydrogens is 260 g/mol. The summed E-state index contributed by atoms with van der Waals surface area (Å²) in [5.74, 6) is -0.878. The zero-order valence-electron chi connectivity index (χ0n) is 11.4. The summed E-state index contributed by atoms with van der Waals surface area (Å²) in [6, 6.07) is 9.98. The van der Waals surface area contributed by atoms with Crippen LogP contribution in [0.3, 0.4) is 0 Å². The molecule has 0 fully saturated rings. The van der Waals surface area contributed by atoms with Crippen LogP contribution in [-0.4, -0.2) is 5.11 Å². The highest BCUT2D eigenvalue weighted by molar-refractivity contribution is 5.30. The maximum Gasteiger partial charge on any atom is 0.131 e. The summed E-state index contributed by atoms with van der Waals surface area (Å²) in [6.07, 6.45) is 0. The molecule has 2 nitrogen and oxygen atoms in total. The van der Waals surface area contributed by atoms with Gasteiger partial charge in [0.05, 0.1) is 0 Å². The smallest absolute Gasteiger partial charge is 0.131 e. The highest BCUT2D eigenvalue weighted by Crippen LogP contribution is 2.24. The molecule has 0 amide bonds. The number of benzene rings is 2. The second kappa shape index (κ2) is 6.01. The Morgan fingerprint density at radius 3 is 2.10 bits per heavy atom. The minimum absolute atomic E-state index is 0.111. The van der Waals surface area contributed by atoms with Crippen molar-refractivity contribution in [3.05, 3.63) is 65.2 Å². The molecule has 0 spiro atoms. The van der Waals surface area contributed by atoms with Crippen molar-refractivity contribution in [2.45, 2.75) is 25.9 Å². The number of nitrogens with one attached hydrogen (secondary N) is 1. The molecule has 2 unspecified atom stereocenters. The van der Waals surface area contributed by atoms with E-state index in [1.807, 2.05) is 6.92 Å². The van der Waals surface area contributed by atoms with Crippen LogP contribution in [0.1, 0.15) is 37.1 Å². The lowest BCUT2D eigenvalue weighted by atomic mass is 10.0. The van der Waals surface area contributed by atoms with Crippen LogP contribution in [0.4, 0.5) is 8.78 Å². The molecule has 0 aliphatic rings. The van der Waals surface area contributed by atoms with Gasteiger partial charge in [0.15, 0.2) is 0 Å². The first kappa shape index (κ1) is 14.5. The quantitative estimate of drug-likeness (QED) is 0.882. The van der Waals surface area contributed by atoms with Gasteiger partial charge in [0.1, 0.15) is 17.4 Å². The van der Waals surface area contributed by atoms with Crippen LogP contribution in [0.15, 0.2) is 42.5 Å². The number of phenolic OH excluding ortho intramolecular Hbond substituents is 1. The van der Waals surface area contributed by atoms with E-state index in [9.17, 15) is 13.9 Å². The molecule has 2 rings (SSSR count). The summed E-state index contributed by atoms with van der Waals surface area (Å²) < 4.78 is 27.4. The molecule has 0 heterocycles. The Balaban J connectivity index is 2.15. The predicted octanol–water partition coefficient (Wildman–Crippen LogP) is 4.08. The highest BCUT2D eigenvalue weighted by Gasteiger charge is 2.16. The van der Waals surface area contributed by atoms with Crippen LogP contribution in [0.5, 0.6) is 5.75 Å². The molecule has 20 heavy (non-hydrogen) atoms. The number of aromatic hydroxyl groups is 1. The van der Waals surface area contributed by atoms with E-state index in [2.05, 4.69) is 5.32 Å². The Hall–Kier alpha value is -1.94. The summed E-state index contributed by atoms with van der Waals surface area (Å²) in [4.78, 5) is 0. The van der Waals surface area contributed by atoms with E-state index in [0.717, 1.165) is 6.07 Å². The van der Waals surface area contributed by atoms with E-state index >= 15 is 0 Å². The molecule has 2 N–H and O–H groups in total. The molecule has 0 bridgehead atoms. The van der Waals surface area contributed by atoms with Crippen molar-refractivity contribution in [2.75, 3.05) is 0 Å². The van der Waals surface area contributed by atoms with Gasteiger partial charge >= 0.3 is 0 Å². The molecule has 0 saturated carbocycles. The monoisotopic (exact) mass is 277 g/mol. The Morgan fingerprint density at radius 1 is 0.900 bits per heavy atom. The molecule has 106 valence electrons. The number of rotatable bonds is 4. The average molecular weight is 277 g/mol. The second-order valence-corrected chi connectivity index (χ2v) is 4.84. The maximum atomic E-state index is 13.8. The van der Waals surface area contributed by atoms with Crippen LogP contribution in [0, 0.1) is 11.6 Å². The van der Waals surface area contributed by atoms with Gasteiger partial charge in [0, 0.05) is 29.3 Å². The zero-order valence-corrected chi connectivity index (χ0v) is 11.4. The number of hydrogen-bond acceptors (Lipinski definition) is 2. The van der Waals surface area contributed by atoms with E-state index in [1.54, 1.807) is 25.1 Å². The summed E-state index contributed by atoms with van der Waals surface area (Å²) in [7, 11) is 0. The number of phenols is 1. The van der Waals surface area contributed by atoms with Crippen LogP contribution >= 0.6 is 0 Å². The lowest BCUT2D eigenvalue weighted by Crippen LogP contribution is -2.24. The molecule has 0 saturated heterocycles. The van der Waals surface area contributed by atoms with Gasteiger partial charge in [-0.3, -0.25) is 0 Å². The summed E-state index contributed by atoms with van der Waals surface area (Å²) in [6.45, 7) is 3.63. The van der Waals surface area contributed by atoms with Crippen LogP contribution in [0.25, 0.3) is 0 Å². The van der Waals surface area contributed by atoms with Gasteiger partial charge in [0.25, 0.3) is 0 Å². The topological polar surface area (TPSA) is 32.3 Å². The van der Waals surface area contributed by atoms with Crippen molar-refractivity contribution >= 4 is 0 Å². The second-order valence-electron chi connectivity index (χ2n) is 4.84. The molecule has 0 radical (unpaired) electrons. The Bertz CT molecular complexity index is 601. The van der Waals surface area contributed by atoms with Gasteiger partial charge in [-0.1, -0.05) is 24.3 Å². The zero-order chi connectivity index (χ0) is 14.7. The summed E-state index contributed by atoms with van der Waals surface area (Å²) in [5.41, 5.74) is 0.976. The molecule has 4 heteroatoms. The average Bonchev–Trinajstić information content (AvgIpc) is 2.38. The van der Waals surface area contributed by atoms with Gasteiger partial charge in [-0.2, -0.15) is 0 Å². The molecular formula is C16H17F2NO. The molecule has 2 aromatic carbocycles. The van der Waals surface area contributed by atoms with Crippen molar-refractivity contribution in [3.8, 4) is 5.75 Å². The van der Waals surface area contributed by atoms with Crippen molar-refractivity contribution in [3.63, 3.8) is 0 Å². The van der Waals surface area contributed by atoms with Gasteiger partial charge in [-0.15, -0.1) is 0 Å². The molecule has 0 aliphatic carbocycles. The van der Waals surface area contributed by atoms with Gasteiger partial charge in [0.2, 0.25) is 0 Å². The minimum Gasteiger partial charge on any atom is -0.508 e. The van der Waals surface area contributed by atoms with E-state index in [1.165, 1.54) is 18.2 Å². The predicted molar refractivity (Wildman–Crippen MR) is 74.4 cm³/mol. The van der Waals surface area contributed by atoms with Gasteiger partial charge in [-0.05, 0) is 26.0 Å². The lowest BCUT2D eigenvalue weighted by Gasteiger charge is -2.21. The fraction of sp³-hybridized carbons (Fsp3) is 0.250. The SMILES string of the molecule is CC(NC(C)c1ccc(O)cc1F)c1ccccc1F.